The van der Waals surface area contributed by atoms with Crippen molar-refractivity contribution in [2.75, 3.05) is 6.54 Å². The summed E-state index contributed by atoms with van der Waals surface area (Å²) in [6.45, 7) is 7.16. The molecule has 1 saturated carbocycles. The first-order chi connectivity index (χ1) is 10.8. The number of aliphatic hydroxyl groups is 1. The Morgan fingerprint density at radius 2 is 1.96 bits per heavy atom. The van der Waals surface area contributed by atoms with Crippen LogP contribution in [0.25, 0.3) is 0 Å². The zero-order valence-electron chi connectivity index (χ0n) is 14.5. The van der Waals surface area contributed by atoms with E-state index in [4.69, 9.17) is 0 Å². The summed E-state index contributed by atoms with van der Waals surface area (Å²) in [6.07, 6.45) is 5.09. The summed E-state index contributed by atoms with van der Waals surface area (Å²) in [6, 6.07) is 2.11. The Hall–Kier alpha value is -1.12. The molecule has 0 bridgehead atoms. The molecule has 2 aliphatic heterocycles. The maximum absolute atomic E-state index is 13.2. The van der Waals surface area contributed by atoms with E-state index in [0.29, 0.717) is 6.54 Å². The second kappa shape index (κ2) is 6.07. The van der Waals surface area contributed by atoms with Gasteiger partial charge in [-0.2, -0.15) is 5.26 Å². The molecule has 1 aliphatic carbocycles. The minimum atomic E-state index is -0.290. The number of amides is 1. The smallest absolute Gasteiger partial charge is 0.241 e. The first-order valence-corrected chi connectivity index (χ1v) is 9.01. The third-order valence-electron chi connectivity index (χ3n) is 5.92. The highest BCUT2D eigenvalue weighted by molar-refractivity contribution is 5.83. The van der Waals surface area contributed by atoms with Crippen LogP contribution in [0.2, 0.25) is 0 Å². The third-order valence-corrected chi connectivity index (χ3v) is 5.92. The Morgan fingerprint density at radius 1 is 1.22 bits per heavy atom. The molecule has 0 aromatic carbocycles. The van der Waals surface area contributed by atoms with Gasteiger partial charge in [-0.25, -0.2) is 0 Å². The minimum Gasteiger partial charge on any atom is -0.393 e. The van der Waals surface area contributed by atoms with Crippen LogP contribution >= 0.6 is 0 Å². The minimum absolute atomic E-state index is 0.102. The van der Waals surface area contributed by atoms with E-state index in [-0.39, 0.29) is 41.6 Å². The van der Waals surface area contributed by atoms with Gasteiger partial charge in [0.25, 0.3) is 0 Å². The molecule has 3 fully saturated rings. The summed E-state index contributed by atoms with van der Waals surface area (Å²) in [5.74, 6) is 0.297. The topological polar surface area (TPSA) is 67.6 Å². The maximum atomic E-state index is 13.2. The molecule has 128 valence electrons. The van der Waals surface area contributed by atoms with Crippen LogP contribution in [-0.4, -0.2) is 57.1 Å². The Balaban J connectivity index is 1.87. The molecule has 2 saturated heterocycles. The van der Waals surface area contributed by atoms with Gasteiger partial charge in [0.05, 0.1) is 18.2 Å². The van der Waals surface area contributed by atoms with Crippen molar-refractivity contribution >= 4 is 5.91 Å². The number of carbonyl (C=O) groups is 1. The quantitative estimate of drug-likeness (QED) is 0.801. The number of nitrogens with zero attached hydrogens (tertiary/aromatic N) is 3. The van der Waals surface area contributed by atoms with Gasteiger partial charge in [0.15, 0.2) is 0 Å². The molecule has 1 amide bonds. The van der Waals surface area contributed by atoms with E-state index in [1.807, 2.05) is 0 Å². The number of carbonyl (C=O) groups excluding carboxylic acids is 1. The average Bonchev–Trinajstić information content (AvgIpc) is 3.10. The van der Waals surface area contributed by atoms with E-state index in [0.717, 1.165) is 38.5 Å². The zero-order valence-corrected chi connectivity index (χ0v) is 14.5. The number of aliphatic hydroxyl groups excluding tert-OH is 1. The zero-order chi connectivity index (χ0) is 16.8. The Labute approximate surface area is 139 Å². The lowest BCUT2D eigenvalue weighted by Gasteiger charge is -2.44. The molecule has 3 aliphatic rings. The highest BCUT2D eigenvalue weighted by atomic mass is 16.3. The molecule has 2 heterocycles. The lowest BCUT2D eigenvalue weighted by atomic mass is 9.81. The lowest BCUT2D eigenvalue weighted by Crippen LogP contribution is -2.56. The summed E-state index contributed by atoms with van der Waals surface area (Å²) < 4.78 is 0. The standard InChI is InChI=1S/C18H29N3O2/c1-18(2,3)21-14-7-4-8-16(22)13(14)10-15(21)17(23)20-9-5-6-12(20)11-19/h12-16,22H,4-10H2,1-3H3/t12-,13-,14-,15-,16-/m0/s1. The number of likely N-dealkylation sites (tertiary alicyclic amines) is 2. The first kappa shape index (κ1) is 16.7. The van der Waals surface area contributed by atoms with Crippen LogP contribution in [0.4, 0.5) is 0 Å². The molecule has 5 heteroatoms. The summed E-state index contributed by atoms with van der Waals surface area (Å²) in [7, 11) is 0. The van der Waals surface area contributed by atoms with Crippen LogP contribution in [-0.2, 0) is 4.79 Å². The van der Waals surface area contributed by atoms with Gasteiger partial charge < -0.3 is 10.0 Å². The van der Waals surface area contributed by atoms with E-state index >= 15 is 0 Å². The SMILES string of the molecule is CC(C)(C)N1[C@H](C(=O)N2CCC[C@H]2C#N)C[C@@H]2[C@@H](O)CCC[C@@H]21. The predicted octanol–water partition coefficient (Wildman–Crippen LogP) is 1.90. The largest absolute Gasteiger partial charge is 0.393 e. The monoisotopic (exact) mass is 319 g/mol. The van der Waals surface area contributed by atoms with E-state index in [1.54, 1.807) is 4.90 Å². The van der Waals surface area contributed by atoms with Crippen molar-refractivity contribution in [2.24, 2.45) is 5.92 Å². The van der Waals surface area contributed by atoms with Crippen molar-refractivity contribution in [3.8, 4) is 6.07 Å². The number of rotatable bonds is 1. The van der Waals surface area contributed by atoms with Crippen LogP contribution in [0.3, 0.4) is 0 Å². The molecule has 0 spiro atoms. The van der Waals surface area contributed by atoms with Crippen molar-refractivity contribution < 1.29 is 9.90 Å². The molecule has 0 radical (unpaired) electrons. The van der Waals surface area contributed by atoms with Crippen molar-refractivity contribution in [2.45, 2.75) is 89.1 Å². The highest BCUT2D eigenvalue weighted by Gasteiger charge is 2.53. The summed E-state index contributed by atoms with van der Waals surface area (Å²) >= 11 is 0. The van der Waals surface area contributed by atoms with Gasteiger partial charge in [-0.15, -0.1) is 0 Å². The maximum Gasteiger partial charge on any atom is 0.241 e. The van der Waals surface area contributed by atoms with Gasteiger partial charge in [-0.1, -0.05) is 0 Å². The van der Waals surface area contributed by atoms with Crippen LogP contribution in [0.1, 0.15) is 59.3 Å². The molecule has 1 N–H and O–H groups in total. The van der Waals surface area contributed by atoms with Gasteiger partial charge in [0.1, 0.15) is 6.04 Å². The average molecular weight is 319 g/mol. The molecule has 23 heavy (non-hydrogen) atoms. The van der Waals surface area contributed by atoms with Crippen molar-refractivity contribution in [3.63, 3.8) is 0 Å². The fourth-order valence-electron chi connectivity index (χ4n) is 5.02. The van der Waals surface area contributed by atoms with Gasteiger partial charge in [-0.3, -0.25) is 9.69 Å². The van der Waals surface area contributed by atoms with Crippen molar-refractivity contribution in [1.82, 2.24) is 9.80 Å². The van der Waals surface area contributed by atoms with Crippen molar-refractivity contribution in [1.29, 1.82) is 5.26 Å². The second-order valence-electron chi connectivity index (χ2n) is 8.38. The van der Waals surface area contributed by atoms with Crippen LogP contribution in [0, 0.1) is 17.2 Å². The van der Waals surface area contributed by atoms with Gasteiger partial charge >= 0.3 is 0 Å². The summed E-state index contributed by atoms with van der Waals surface area (Å²) in [4.78, 5) is 17.3. The van der Waals surface area contributed by atoms with Crippen LogP contribution in [0.15, 0.2) is 0 Å². The lowest BCUT2D eigenvalue weighted by molar-refractivity contribution is -0.138. The van der Waals surface area contributed by atoms with Gasteiger partial charge in [0, 0.05) is 24.0 Å². The van der Waals surface area contributed by atoms with Gasteiger partial charge in [-0.05, 0) is 59.3 Å². The Kier molecular flexibility index (Phi) is 4.41. The van der Waals surface area contributed by atoms with Crippen LogP contribution < -0.4 is 0 Å². The second-order valence-corrected chi connectivity index (χ2v) is 8.38. The van der Waals surface area contributed by atoms with E-state index in [2.05, 4.69) is 31.7 Å². The first-order valence-electron chi connectivity index (χ1n) is 9.01. The Morgan fingerprint density at radius 3 is 2.61 bits per heavy atom. The Bertz CT molecular complexity index is 507. The van der Waals surface area contributed by atoms with Crippen molar-refractivity contribution in [3.05, 3.63) is 0 Å². The van der Waals surface area contributed by atoms with E-state index < -0.39 is 0 Å². The molecular weight excluding hydrogens is 290 g/mol. The molecule has 0 aromatic heterocycles. The molecule has 0 unspecified atom stereocenters. The highest BCUT2D eigenvalue weighted by Crippen LogP contribution is 2.44. The molecule has 5 atom stereocenters. The van der Waals surface area contributed by atoms with E-state index in [1.165, 1.54) is 0 Å². The molecule has 5 nitrogen and oxygen atoms in total. The number of hydrogen-bond acceptors (Lipinski definition) is 4. The predicted molar refractivity (Wildman–Crippen MR) is 87.5 cm³/mol. The third kappa shape index (κ3) is 2.88. The molecular formula is C18H29N3O2. The summed E-state index contributed by atoms with van der Waals surface area (Å²) in [5.41, 5.74) is -0.112. The van der Waals surface area contributed by atoms with E-state index in [9.17, 15) is 15.2 Å². The molecule has 0 aromatic rings. The number of fused-ring (bicyclic) bond motifs is 1. The fraction of sp³-hybridized carbons (Fsp3) is 0.889. The molecule has 3 rings (SSSR count). The normalized spacial score (nSPS) is 38.4. The fourth-order valence-corrected chi connectivity index (χ4v) is 5.02. The van der Waals surface area contributed by atoms with Gasteiger partial charge in [0.2, 0.25) is 5.91 Å². The number of hydrogen-bond donors (Lipinski definition) is 1. The summed E-state index contributed by atoms with van der Waals surface area (Å²) in [5, 5.41) is 19.7. The van der Waals surface area contributed by atoms with Crippen LogP contribution in [0.5, 0.6) is 0 Å². The number of nitriles is 1.